The smallest absolute Gasteiger partial charge is 0.257 e. The van der Waals surface area contributed by atoms with Crippen molar-refractivity contribution in [3.63, 3.8) is 0 Å². The summed E-state index contributed by atoms with van der Waals surface area (Å²) in [4.78, 5) is 1.03. The topological polar surface area (TPSA) is 51.0 Å². The van der Waals surface area contributed by atoms with Gasteiger partial charge in [0, 0.05) is 6.42 Å². The van der Waals surface area contributed by atoms with Gasteiger partial charge in [0.05, 0.1) is 4.88 Å². The predicted octanol–water partition coefficient (Wildman–Crippen LogP) is 2.34. The summed E-state index contributed by atoms with van der Waals surface area (Å²) in [6.45, 7) is 4.10. The first kappa shape index (κ1) is 11.3. The molecule has 0 saturated heterocycles. The van der Waals surface area contributed by atoms with Gasteiger partial charge in [-0.1, -0.05) is 13.0 Å². The van der Waals surface area contributed by atoms with Crippen LogP contribution < -0.4 is 5.32 Å². The van der Waals surface area contributed by atoms with E-state index in [4.69, 9.17) is 4.42 Å². The lowest BCUT2D eigenvalue weighted by Gasteiger charge is -1.97. The number of nitrogens with one attached hydrogen (secondary N) is 1. The second-order valence-electron chi connectivity index (χ2n) is 3.44. The molecular formula is C11H15N3OS. The van der Waals surface area contributed by atoms with Crippen LogP contribution in [-0.2, 0) is 6.42 Å². The van der Waals surface area contributed by atoms with Crippen molar-refractivity contribution in [2.24, 2.45) is 0 Å². The molecule has 0 aliphatic carbocycles. The van der Waals surface area contributed by atoms with Crippen molar-refractivity contribution in [1.29, 1.82) is 0 Å². The molecule has 0 unspecified atom stereocenters. The molecule has 86 valence electrons. The molecule has 0 spiro atoms. The first-order valence-corrected chi connectivity index (χ1v) is 6.35. The summed E-state index contributed by atoms with van der Waals surface area (Å²) in [5.74, 6) is 1.36. The zero-order chi connectivity index (χ0) is 11.2. The third kappa shape index (κ3) is 2.90. The van der Waals surface area contributed by atoms with Crippen LogP contribution in [0.2, 0.25) is 0 Å². The van der Waals surface area contributed by atoms with Crippen molar-refractivity contribution in [3.05, 3.63) is 23.4 Å². The Bertz CT molecular complexity index is 411. The molecule has 0 amide bonds. The molecule has 0 aliphatic rings. The SMILES string of the molecule is CCNCCCc1nnc(-c2cccs2)o1. The quantitative estimate of drug-likeness (QED) is 0.783. The molecule has 1 N–H and O–H groups in total. The van der Waals surface area contributed by atoms with Gasteiger partial charge in [-0.2, -0.15) is 0 Å². The summed E-state index contributed by atoms with van der Waals surface area (Å²) in [6.07, 6.45) is 1.87. The zero-order valence-electron chi connectivity index (χ0n) is 9.27. The molecule has 0 radical (unpaired) electrons. The van der Waals surface area contributed by atoms with Crippen molar-refractivity contribution >= 4 is 11.3 Å². The van der Waals surface area contributed by atoms with Gasteiger partial charge in [-0.05, 0) is 31.0 Å². The fourth-order valence-electron chi connectivity index (χ4n) is 1.40. The van der Waals surface area contributed by atoms with Crippen molar-refractivity contribution in [2.45, 2.75) is 19.8 Å². The highest BCUT2D eigenvalue weighted by Gasteiger charge is 2.08. The fraction of sp³-hybridized carbons (Fsp3) is 0.455. The van der Waals surface area contributed by atoms with Gasteiger partial charge in [-0.3, -0.25) is 0 Å². The Labute approximate surface area is 98.7 Å². The zero-order valence-corrected chi connectivity index (χ0v) is 10.1. The third-order valence-electron chi connectivity index (χ3n) is 2.19. The molecule has 2 heterocycles. The maximum Gasteiger partial charge on any atom is 0.257 e. The summed E-state index contributed by atoms with van der Waals surface area (Å²) in [5, 5.41) is 13.3. The van der Waals surface area contributed by atoms with E-state index >= 15 is 0 Å². The van der Waals surface area contributed by atoms with Gasteiger partial charge in [-0.25, -0.2) is 0 Å². The number of aromatic nitrogens is 2. The minimum Gasteiger partial charge on any atom is -0.420 e. The van der Waals surface area contributed by atoms with Crippen LogP contribution in [0.25, 0.3) is 10.8 Å². The second-order valence-corrected chi connectivity index (χ2v) is 4.38. The van der Waals surface area contributed by atoms with E-state index in [1.165, 1.54) is 0 Å². The van der Waals surface area contributed by atoms with E-state index in [0.29, 0.717) is 5.89 Å². The lowest BCUT2D eigenvalue weighted by Crippen LogP contribution is -2.14. The Morgan fingerprint density at radius 3 is 3.12 bits per heavy atom. The molecule has 0 saturated carbocycles. The normalized spacial score (nSPS) is 10.8. The molecule has 0 fully saturated rings. The minimum atomic E-state index is 0.633. The van der Waals surface area contributed by atoms with E-state index in [0.717, 1.165) is 36.7 Å². The molecule has 0 bridgehead atoms. The van der Waals surface area contributed by atoms with Gasteiger partial charge in [0.1, 0.15) is 0 Å². The Morgan fingerprint density at radius 1 is 1.44 bits per heavy atom. The van der Waals surface area contributed by atoms with Gasteiger partial charge in [0.2, 0.25) is 5.89 Å². The number of nitrogens with zero attached hydrogens (tertiary/aromatic N) is 2. The van der Waals surface area contributed by atoms with Crippen LogP contribution in [0.15, 0.2) is 21.9 Å². The Balaban J connectivity index is 1.88. The molecule has 4 nitrogen and oxygen atoms in total. The van der Waals surface area contributed by atoms with E-state index in [-0.39, 0.29) is 0 Å². The largest absolute Gasteiger partial charge is 0.420 e. The summed E-state index contributed by atoms with van der Waals surface area (Å²) in [7, 11) is 0. The van der Waals surface area contributed by atoms with Gasteiger partial charge in [0.25, 0.3) is 5.89 Å². The average molecular weight is 237 g/mol. The van der Waals surface area contributed by atoms with Crippen LogP contribution in [0, 0.1) is 0 Å². The predicted molar refractivity (Wildman–Crippen MR) is 64.5 cm³/mol. The van der Waals surface area contributed by atoms with Crippen LogP contribution >= 0.6 is 11.3 Å². The molecule has 2 rings (SSSR count). The monoisotopic (exact) mass is 237 g/mol. The van der Waals surface area contributed by atoms with Crippen LogP contribution in [0.1, 0.15) is 19.2 Å². The summed E-state index contributed by atoms with van der Waals surface area (Å²) >= 11 is 1.61. The molecule has 2 aromatic heterocycles. The van der Waals surface area contributed by atoms with E-state index in [1.807, 2.05) is 17.5 Å². The molecular weight excluding hydrogens is 222 g/mol. The maximum absolute atomic E-state index is 5.57. The summed E-state index contributed by atoms with van der Waals surface area (Å²) in [6, 6.07) is 3.97. The standard InChI is InChI=1S/C11H15N3OS/c1-2-12-7-3-6-10-13-14-11(15-10)9-5-4-8-16-9/h4-5,8,12H,2-3,6-7H2,1H3. The molecule has 0 aromatic carbocycles. The van der Waals surface area contributed by atoms with Crippen molar-refractivity contribution in [2.75, 3.05) is 13.1 Å². The summed E-state index contributed by atoms with van der Waals surface area (Å²) < 4.78 is 5.57. The fourth-order valence-corrected chi connectivity index (χ4v) is 2.04. The summed E-state index contributed by atoms with van der Waals surface area (Å²) in [5.41, 5.74) is 0. The second kappa shape index (κ2) is 5.77. The van der Waals surface area contributed by atoms with E-state index < -0.39 is 0 Å². The lowest BCUT2D eigenvalue weighted by molar-refractivity contribution is 0.493. The first-order chi connectivity index (χ1) is 7.90. The Morgan fingerprint density at radius 2 is 2.38 bits per heavy atom. The van der Waals surface area contributed by atoms with Gasteiger partial charge in [0.15, 0.2) is 0 Å². The molecule has 5 heteroatoms. The maximum atomic E-state index is 5.57. The van der Waals surface area contributed by atoms with Crippen LogP contribution in [0.5, 0.6) is 0 Å². The number of aryl methyl sites for hydroxylation is 1. The average Bonchev–Trinajstić information content (AvgIpc) is 2.94. The third-order valence-corrected chi connectivity index (χ3v) is 3.05. The van der Waals surface area contributed by atoms with Gasteiger partial charge in [-0.15, -0.1) is 21.5 Å². The van der Waals surface area contributed by atoms with Gasteiger partial charge >= 0.3 is 0 Å². The minimum absolute atomic E-state index is 0.633. The Kier molecular flexibility index (Phi) is 4.07. The van der Waals surface area contributed by atoms with Crippen LogP contribution in [-0.4, -0.2) is 23.3 Å². The number of hydrogen-bond acceptors (Lipinski definition) is 5. The van der Waals surface area contributed by atoms with Crippen molar-refractivity contribution in [1.82, 2.24) is 15.5 Å². The van der Waals surface area contributed by atoms with Crippen molar-refractivity contribution < 1.29 is 4.42 Å². The van der Waals surface area contributed by atoms with E-state index in [2.05, 4.69) is 22.4 Å². The highest BCUT2D eigenvalue weighted by Crippen LogP contribution is 2.23. The van der Waals surface area contributed by atoms with Crippen molar-refractivity contribution in [3.8, 4) is 10.8 Å². The van der Waals surface area contributed by atoms with Gasteiger partial charge < -0.3 is 9.73 Å². The number of thiophene rings is 1. The highest BCUT2D eigenvalue weighted by molar-refractivity contribution is 7.13. The lowest BCUT2D eigenvalue weighted by atomic mass is 10.3. The van der Waals surface area contributed by atoms with Crippen LogP contribution in [0.3, 0.4) is 0 Å². The first-order valence-electron chi connectivity index (χ1n) is 5.47. The molecule has 0 atom stereocenters. The molecule has 2 aromatic rings. The molecule has 16 heavy (non-hydrogen) atoms. The van der Waals surface area contributed by atoms with E-state index in [1.54, 1.807) is 11.3 Å². The highest BCUT2D eigenvalue weighted by atomic mass is 32.1. The van der Waals surface area contributed by atoms with E-state index in [9.17, 15) is 0 Å². The Hall–Kier alpha value is -1.20. The van der Waals surface area contributed by atoms with Crippen LogP contribution in [0.4, 0.5) is 0 Å². The number of rotatable bonds is 6. The number of hydrogen-bond donors (Lipinski definition) is 1. The molecule has 0 aliphatic heterocycles.